The molecule has 0 atom stereocenters. The molecule has 0 saturated heterocycles. The summed E-state index contributed by atoms with van der Waals surface area (Å²) in [5.74, 6) is 0.0363. The molecule has 0 radical (unpaired) electrons. The predicted octanol–water partition coefficient (Wildman–Crippen LogP) is 0.575. The van der Waals surface area contributed by atoms with Gasteiger partial charge in [0.25, 0.3) is 0 Å². The molecule has 1 amide bonds. The number of rotatable bonds is 10. The van der Waals surface area contributed by atoms with E-state index < -0.39 is 0 Å². The van der Waals surface area contributed by atoms with E-state index in [0.29, 0.717) is 26.2 Å². The smallest absolute Gasteiger partial charge is 0.222 e. The van der Waals surface area contributed by atoms with Crippen molar-refractivity contribution in [2.24, 2.45) is 0 Å². The molecule has 2 N–H and O–H groups in total. The van der Waals surface area contributed by atoms with Crippen molar-refractivity contribution in [3.63, 3.8) is 0 Å². The number of hydrogen-bond donors (Lipinski definition) is 2. The summed E-state index contributed by atoms with van der Waals surface area (Å²) in [6.07, 6.45) is 0.611. The first kappa shape index (κ1) is 19.0. The van der Waals surface area contributed by atoms with Gasteiger partial charge in [-0.2, -0.15) is 0 Å². The third-order valence-electron chi connectivity index (χ3n) is 1.89. The Balaban J connectivity index is 0. The molecule has 0 fully saturated rings. The molecule has 104 valence electrons. The van der Waals surface area contributed by atoms with Gasteiger partial charge in [-0.1, -0.05) is 0 Å². The van der Waals surface area contributed by atoms with Crippen molar-refractivity contribution < 1.29 is 14.3 Å². The SMILES string of the molecule is COCCNCCNC(=O)CCOC(C)C.Cl. The van der Waals surface area contributed by atoms with Crippen LogP contribution >= 0.6 is 12.4 Å². The molecular weight excluding hydrogens is 244 g/mol. The minimum Gasteiger partial charge on any atom is -0.383 e. The van der Waals surface area contributed by atoms with E-state index in [-0.39, 0.29) is 24.4 Å². The molecule has 5 nitrogen and oxygen atoms in total. The molecule has 0 aromatic heterocycles. The summed E-state index contributed by atoms with van der Waals surface area (Å²) in [4.78, 5) is 11.3. The third-order valence-corrected chi connectivity index (χ3v) is 1.89. The van der Waals surface area contributed by atoms with Gasteiger partial charge in [-0.25, -0.2) is 0 Å². The molecule has 0 heterocycles. The largest absolute Gasteiger partial charge is 0.383 e. The van der Waals surface area contributed by atoms with E-state index in [1.807, 2.05) is 13.8 Å². The van der Waals surface area contributed by atoms with Gasteiger partial charge in [0.05, 0.1) is 19.3 Å². The molecular formula is C11H25ClN2O3. The standard InChI is InChI=1S/C11H24N2O3.ClH/c1-10(2)16-8-4-11(14)13-6-5-12-7-9-15-3;/h10,12H,4-9H2,1-3H3,(H,13,14);1H. The van der Waals surface area contributed by atoms with Crippen molar-refractivity contribution in [3.8, 4) is 0 Å². The Labute approximate surface area is 110 Å². The van der Waals surface area contributed by atoms with E-state index in [2.05, 4.69) is 10.6 Å². The molecule has 0 unspecified atom stereocenters. The quantitative estimate of drug-likeness (QED) is 0.569. The highest BCUT2D eigenvalue weighted by molar-refractivity contribution is 5.85. The van der Waals surface area contributed by atoms with E-state index in [4.69, 9.17) is 9.47 Å². The van der Waals surface area contributed by atoms with E-state index in [0.717, 1.165) is 13.1 Å². The number of nitrogens with one attached hydrogen (secondary N) is 2. The topological polar surface area (TPSA) is 59.6 Å². The zero-order chi connectivity index (χ0) is 12.2. The van der Waals surface area contributed by atoms with Crippen LogP contribution in [0.4, 0.5) is 0 Å². The first-order valence-electron chi connectivity index (χ1n) is 5.74. The monoisotopic (exact) mass is 268 g/mol. The van der Waals surface area contributed by atoms with Crippen LogP contribution in [0.3, 0.4) is 0 Å². The summed E-state index contributed by atoms with van der Waals surface area (Å²) in [5.41, 5.74) is 0. The number of carbonyl (C=O) groups excluding carboxylic acids is 1. The van der Waals surface area contributed by atoms with Crippen molar-refractivity contribution >= 4 is 18.3 Å². The molecule has 0 aliphatic heterocycles. The summed E-state index contributed by atoms with van der Waals surface area (Å²) in [5, 5.41) is 5.96. The average Bonchev–Trinajstić information content (AvgIpc) is 2.22. The van der Waals surface area contributed by atoms with Crippen molar-refractivity contribution in [2.75, 3.05) is 40.0 Å². The van der Waals surface area contributed by atoms with Gasteiger partial charge < -0.3 is 20.1 Å². The Bertz CT molecular complexity index is 180. The van der Waals surface area contributed by atoms with Gasteiger partial charge >= 0.3 is 0 Å². The minimum absolute atomic E-state index is 0. The highest BCUT2D eigenvalue weighted by Crippen LogP contribution is 1.89. The summed E-state index contributed by atoms with van der Waals surface area (Å²) >= 11 is 0. The van der Waals surface area contributed by atoms with Gasteiger partial charge in [0, 0.05) is 33.2 Å². The number of methoxy groups -OCH3 is 1. The van der Waals surface area contributed by atoms with Crippen LogP contribution in [0.5, 0.6) is 0 Å². The lowest BCUT2D eigenvalue weighted by Gasteiger charge is -2.08. The molecule has 17 heavy (non-hydrogen) atoms. The van der Waals surface area contributed by atoms with Crippen LogP contribution in [0.1, 0.15) is 20.3 Å². The average molecular weight is 269 g/mol. The predicted molar refractivity (Wildman–Crippen MR) is 70.7 cm³/mol. The van der Waals surface area contributed by atoms with Crippen LogP contribution in [0.2, 0.25) is 0 Å². The summed E-state index contributed by atoms with van der Waals surface area (Å²) in [7, 11) is 1.66. The number of hydrogen-bond acceptors (Lipinski definition) is 4. The van der Waals surface area contributed by atoms with Crippen LogP contribution < -0.4 is 10.6 Å². The van der Waals surface area contributed by atoms with Crippen LogP contribution in [-0.4, -0.2) is 52.0 Å². The number of carbonyl (C=O) groups is 1. The number of amides is 1. The molecule has 0 aliphatic rings. The maximum Gasteiger partial charge on any atom is 0.222 e. The van der Waals surface area contributed by atoms with Crippen LogP contribution in [0.25, 0.3) is 0 Å². The summed E-state index contributed by atoms with van der Waals surface area (Å²) < 4.78 is 10.2. The molecule has 0 aromatic rings. The molecule has 0 spiro atoms. The van der Waals surface area contributed by atoms with Gasteiger partial charge in [-0.15, -0.1) is 12.4 Å². The zero-order valence-corrected chi connectivity index (χ0v) is 11.8. The molecule has 6 heteroatoms. The van der Waals surface area contributed by atoms with E-state index in [9.17, 15) is 4.79 Å². The Morgan fingerprint density at radius 1 is 1.18 bits per heavy atom. The second-order valence-electron chi connectivity index (χ2n) is 3.76. The van der Waals surface area contributed by atoms with Crippen LogP contribution in [0, 0.1) is 0 Å². The van der Waals surface area contributed by atoms with Gasteiger partial charge in [-0.05, 0) is 13.8 Å². The normalized spacial score (nSPS) is 10.1. The van der Waals surface area contributed by atoms with Crippen LogP contribution in [-0.2, 0) is 14.3 Å². The van der Waals surface area contributed by atoms with Crippen molar-refractivity contribution in [3.05, 3.63) is 0 Å². The summed E-state index contributed by atoms with van der Waals surface area (Å²) in [6, 6.07) is 0. The fraction of sp³-hybridized carbons (Fsp3) is 0.909. The lowest BCUT2D eigenvalue weighted by Crippen LogP contribution is -2.33. The lowest BCUT2D eigenvalue weighted by atomic mass is 10.4. The number of halogens is 1. The van der Waals surface area contributed by atoms with Gasteiger partial charge in [-0.3, -0.25) is 4.79 Å². The van der Waals surface area contributed by atoms with Gasteiger partial charge in [0.1, 0.15) is 0 Å². The molecule has 0 aliphatic carbocycles. The Kier molecular flexibility index (Phi) is 15.3. The first-order valence-corrected chi connectivity index (χ1v) is 5.74. The van der Waals surface area contributed by atoms with Crippen LogP contribution in [0.15, 0.2) is 0 Å². The minimum atomic E-state index is 0. The first-order chi connectivity index (χ1) is 7.66. The van der Waals surface area contributed by atoms with Gasteiger partial charge in [0.15, 0.2) is 0 Å². The fourth-order valence-electron chi connectivity index (χ4n) is 1.07. The van der Waals surface area contributed by atoms with Crippen molar-refractivity contribution in [2.45, 2.75) is 26.4 Å². The maximum atomic E-state index is 11.3. The highest BCUT2D eigenvalue weighted by Gasteiger charge is 2.01. The highest BCUT2D eigenvalue weighted by atomic mass is 35.5. The van der Waals surface area contributed by atoms with E-state index in [1.165, 1.54) is 0 Å². The van der Waals surface area contributed by atoms with Crippen molar-refractivity contribution in [1.29, 1.82) is 0 Å². The number of ether oxygens (including phenoxy) is 2. The van der Waals surface area contributed by atoms with Gasteiger partial charge in [0.2, 0.25) is 5.91 Å². The lowest BCUT2D eigenvalue weighted by molar-refractivity contribution is -0.122. The fourth-order valence-corrected chi connectivity index (χ4v) is 1.07. The second kappa shape index (κ2) is 13.7. The third kappa shape index (κ3) is 15.6. The maximum absolute atomic E-state index is 11.3. The van der Waals surface area contributed by atoms with Crippen molar-refractivity contribution in [1.82, 2.24) is 10.6 Å². The Hall–Kier alpha value is -0.360. The zero-order valence-electron chi connectivity index (χ0n) is 11.0. The molecule has 0 aromatic carbocycles. The van der Waals surface area contributed by atoms with E-state index in [1.54, 1.807) is 7.11 Å². The van der Waals surface area contributed by atoms with E-state index >= 15 is 0 Å². The molecule has 0 saturated carbocycles. The summed E-state index contributed by atoms with van der Waals surface area (Å²) in [6.45, 7) is 7.30. The molecule has 0 bridgehead atoms. The Morgan fingerprint density at radius 2 is 1.88 bits per heavy atom. The molecule has 0 rings (SSSR count). The Morgan fingerprint density at radius 3 is 2.47 bits per heavy atom. The second-order valence-corrected chi connectivity index (χ2v) is 3.76.